The Labute approximate surface area is 135 Å². The van der Waals surface area contributed by atoms with Crippen LogP contribution in [0.2, 0.25) is 0 Å². The monoisotopic (exact) mass is 347 g/mol. The normalized spacial score (nSPS) is 12.0. The number of hydrogen-bond acceptors (Lipinski definition) is 2. The van der Waals surface area contributed by atoms with Gasteiger partial charge in [0.15, 0.2) is 0 Å². The summed E-state index contributed by atoms with van der Waals surface area (Å²) in [6.07, 6.45) is 2.33. The molecule has 0 aliphatic rings. The number of rotatable bonds is 6. The molecule has 0 spiro atoms. The van der Waals surface area contributed by atoms with Crippen LogP contribution in [0.3, 0.4) is 0 Å². The second-order valence-electron chi connectivity index (χ2n) is 5.21. The molecule has 0 saturated carbocycles. The van der Waals surface area contributed by atoms with Gasteiger partial charge in [0.25, 0.3) is 0 Å². The molecule has 3 heteroatoms. The molecule has 0 saturated heterocycles. The smallest absolute Gasteiger partial charge is 0.135 e. The van der Waals surface area contributed by atoms with E-state index in [1.807, 2.05) is 12.1 Å². The van der Waals surface area contributed by atoms with Gasteiger partial charge in [-0.15, -0.1) is 0 Å². The lowest BCUT2D eigenvalue weighted by molar-refractivity contribution is 0.412. The van der Waals surface area contributed by atoms with E-state index in [2.05, 4.69) is 65.4 Å². The Balaban J connectivity index is 2.08. The van der Waals surface area contributed by atoms with Crippen molar-refractivity contribution in [1.82, 2.24) is 0 Å². The molecule has 0 amide bonds. The van der Waals surface area contributed by atoms with E-state index in [1.165, 1.54) is 17.5 Å². The first-order chi connectivity index (χ1) is 10.1. The van der Waals surface area contributed by atoms with Crippen LogP contribution >= 0.6 is 15.9 Å². The summed E-state index contributed by atoms with van der Waals surface area (Å²) >= 11 is 3.47. The average Bonchev–Trinajstić information content (AvgIpc) is 2.50. The fourth-order valence-corrected chi connectivity index (χ4v) is 2.75. The maximum Gasteiger partial charge on any atom is 0.135 e. The number of ether oxygens (including phenoxy) is 1. The Morgan fingerprint density at radius 1 is 1.14 bits per heavy atom. The van der Waals surface area contributed by atoms with Crippen molar-refractivity contribution >= 4 is 21.6 Å². The van der Waals surface area contributed by atoms with Crippen LogP contribution < -0.4 is 10.1 Å². The van der Waals surface area contributed by atoms with Crippen molar-refractivity contribution in [3.63, 3.8) is 0 Å². The number of methoxy groups -OCH3 is 1. The SMILES string of the molecule is CCCc1ccc(C(C)Nc2ccc(Br)c(OC)c2)cc1. The Morgan fingerprint density at radius 2 is 1.86 bits per heavy atom. The Hall–Kier alpha value is -1.48. The number of benzene rings is 2. The maximum absolute atomic E-state index is 5.33. The van der Waals surface area contributed by atoms with Crippen LogP contribution in [0.5, 0.6) is 5.75 Å². The fourth-order valence-electron chi connectivity index (χ4n) is 2.34. The summed E-state index contributed by atoms with van der Waals surface area (Å²) in [5.74, 6) is 0.838. The number of halogens is 1. The molecule has 0 heterocycles. The quantitative estimate of drug-likeness (QED) is 0.735. The van der Waals surface area contributed by atoms with Crippen LogP contribution in [0.4, 0.5) is 5.69 Å². The van der Waals surface area contributed by atoms with Crippen molar-refractivity contribution in [2.45, 2.75) is 32.7 Å². The van der Waals surface area contributed by atoms with Crippen LogP contribution in [0, 0.1) is 0 Å². The summed E-state index contributed by atoms with van der Waals surface area (Å²) in [5, 5.41) is 3.51. The third-order valence-corrected chi connectivity index (χ3v) is 4.21. The minimum Gasteiger partial charge on any atom is -0.495 e. The molecule has 0 radical (unpaired) electrons. The number of aryl methyl sites for hydroxylation is 1. The van der Waals surface area contributed by atoms with Gasteiger partial charge in [-0.05, 0) is 52.5 Å². The first-order valence-electron chi connectivity index (χ1n) is 7.33. The lowest BCUT2D eigenvalue weighted by Crippen LogP contribution is -2.06. The molecule has 0 aromatic heterocycles. The van der Waals surface area contributed by atoms with Crippen LogP contribution in [-0.2, 0) is 6.42 Å². The van der Waals surface area contributed by atoms with Gasteiger partial charge in [0.05, 0.1) is 11.6 Å². The van der Waals surface area contributed by atoms with E-state index in [0.717, 1.165) is 22.3 Å². The molecule has 2 aromatic rings. The number of nitrogens with one attached hydrogen (secondary N) is 1. The van der Waals surface area contributed by atoms with Gasteiger partial charge in [-0.25, -0.2) is 0 Å². The third kappa shape index (κ3) is 4.24. The molecule has 0 aliphatic heterocycles. The van der Waals surface area contributed by atoms with E-state index < -0.39 is 0 Å². The molecule has 21 heavy (non-hydrogen) atoms. The highest BCUT2D eigenvalue weighted by Crippen LogP contribution is 2.29. The van der Waals surface area contributed by atoms with E-state index in [9.17, 15) is 0 Å². The second kappa shape index (κ2) is 7.51. The number of hydrogen-bond donors (Lipinski definition) is 1. The molecule has 1 unspecified atom stereocenters. The molecular weight excluding hydrogens is 326 g/mol. The van der Waals surface area contributed by atoms with Gasteiger partial charge in [0.1, 0.15) is 5.75 Å². The molecule has 1 N–H and O–H groups in total. The first-order valence-corrected chi connectivity index (χ1v) is 8.12. The minimum absolute atomic E-state index is 0.256. The summed E-state index contributed by atoms with van der Waals surface area (Å²) in [6, 6.07) is 15.2. The zero-order chi connectivity index (χ0) is 15.2. The Morgan fingerprint density at radius 3 is 2.48 bits per heavy atom. The van der Waals surface area contributed by atoms with Crippen molar-refractivity contribution in [3.8, 4) is 5.75 Å². The molecule has 1 atom stereocenters. The molecule has 0 aliphatic carbocycles. The van der Waals surface area contributed by atoms with Crippen molar-refractivity contribution in [1.29, 1.82) is 0 Å². The highest BCUT2D eigenvalue weighted by atomic mass is 79.9. The standard InChI is InChI=1S/C18H22BrNO/c1-4-5-14-6-8-15(9-7-14)13(2)20-16-10-11-17(19)18(12-16)21-3/h6-13,20H,4-5H2,1-3H3. The van der Waals surface area contributed by atoms with Crippen LogP contribution in [0.1, 0.15) is 37.4 Å². The van der Waals surface area contributed by atoms with Gasteiger partial charge in [-0.3, -0.25) is 0 Å². The summed E-state index contributed by atoms with van der Waals surface area (Å²) < 4.78 is 6.29. The van der Waals surface area contributed by atoms with Gasteiger partial charge < -0.3 is 10.1 Å². The van der Waals surface area contributed by atoms with E-state index in [-0.39, 0.29) is 6.04 Å². The van der Waals surface area contributed by atoms with Crippen molar-refractivity contribution in [2.75, 3.05) is 12.4 Å². The van der Waals surface area contributed by atoms with Crippen LogP contribution in [0.15, 0.2) is 46.9 Å². The van der Waals surface area contributed by atoms with Gasteiger partial charge in [-0.1, -0.05) is 37.6 Å². The summed E-state index contributed by atoms with van der Waals surface area (Å²) in [5.41, 5.74) is 3.75. The van der Waals surface area contributed by atoms with Crippen molar-refractivity contribution in [3.05, 3.63) is 58.1 Å². The zero-order valence-corrected chi connectivity index (χ0v) is 14.4. The average molecular weight is 348 g/mol. The molecule has 2 aromatic carbocycles. The predicted octanol–water partition coefficient (Wildman–Crippen LogP) is 5.58. The Bertz CT molecular complexity index is 580. The summed E-state index contributed by atoms with van der Waals surface area (Å²) in [6.45, 7) is 4.38. The van der Waals surface area contributed by atoms with Gasteiger partial charge >= 0.3 is 0 Å². The highest BCUT2D eigenvalue weighted by molar-refractivity contribution is 9.10. The zero-order valence-electron chi connectivity index (χ0n) is 12.8. The van der Waals surface area contributed by atoms with Gasteiger partial charge in [0, 0.05) is 17.8 Å². The summed E-state index contributed by atoms with van der Waals surface area (Å²) in [4.78, 5) is 0. The molecular formula is C18H22BrNO. The molecule has 2 nitrogen and oxygen atoms in total. The van der Waals surface area contributed by atoms with E-state index in [0.29, 0.717) is 0 Å². The van der Waals surface area contributed by atoms with E-state index in [1.54, 1.807) is 7.11 Å². The maximum atomic E-state index is 5.33. The van der Waals surface area contributed by atoms with Crippen LogP contribution in [-0.4, -0.2) is 7.11 Å². The fraction of sp³-hybridized carbons (Fsp3) is 0.333. The lowest BCUT2D eigenvalue weighted by Gasteiger charge is -2.17. The minimum atomic E-state index is 0.256. The summed E-state index contributed by atoms with van der Waals surface area (Å²) in [7, 11) is 1.68. The molecule has 0 bridgehead atoms. The van der Waals surface area contributed by atoms with Gasteiger partial charge in [0.2, 0.25) is 0 Å². The molecule has 0 fully saturated rings. The van der Waals surface area contributed by atoms with E-state index in [4.69, 9.17) is 4.74 Å². The van der Waals surface area contributed by atoms with E-state index >= 15 is 0 Å². The molecule has 2 rings (SSSR count). The predicted molar refractivity (Wildman–Crippen MR) is 93.2 cm³/mol. The molecule has 112 valence electrons. The highest BCUT2D eigenvalue weighted by Gasteiger charge is 2.07. The lowest BCUT2D eigenvalue weighted by atomic mass is 10.0. The topological polar surface area (TPSA) is 21.3 Å². The van der Waals surface area contributed by atoms with Crippen LogP contribution in [0.25, 0.3) is 0 Å². The van der Waals surface area contributed by atoms with Crippen molar-refractivity contribution in [2.24, 2.45) is 0 Å². The second-order valence-corrected chi connectivity index (χ2v) is 6.06. The van der Waals surface area contributed by atoms with Gasteiger partial charge in [-0.2, -0.15) is 0 Å². The number of anilines is 1. The largest absolute Gasteiger partial charge is 0.495 e. The third-order valence-electron chi connectivity index (χ3n) is 3.55. The van der Waals surface area contributed by atoms with Crippen molar-refractivity contribution < 1.29 is 4.74 Å². The Kier molecular flexibility index (Phi) is 5.68. The first kappa shape index (κ1) is 15.9.